The minimum atomic E-state index is -3.13. The van der Waals surface area contributed by atoms with Crippen LogP contribution in [0.3, 0.4) is 0 Å². The maximum atomic E-state index is 12.0. The zero-order chi connectivity index (χ0) is 15.5. The van der Waals surface area contributed by atoms with E-state index in [1.807, 2.05) is 0 Å². The number of nitrogens with one attached hydrogen (secondary N) is 2. The number of benzene rings is 1. The SMILES string of the molecule is O=C(CF)NCc1ccc(CN2CC(O)NS2(O)O)cc1. The van der Waals surface area contributed by atoms with E-state index in [0.717, 1.165) is 11.1 Å². The van der Waals surface area contributed by atoms with E-state index in [4.69, 9.17) is 0 Å². The van der Waals surface area contributed by atoms with Crippen LogP contribution in [0.15, 0.2) is 24.3 Å². The number of rotatable bonds is 5. The second-order valence-electron chi connectivity index (χ2n) is 4.70. The van der Waals surface area contributed by atoms with Crippen molar-refractivity contribution in [2.24, 2.45) is 0 Å². The van der Waals surface area contributed by atoms with Crippen molar-refractivity contribution in [2.45, 2.75) is 19.3 Å². The highest BCUT2D eigenvalue weighted by Crippen LogP contribution is 2.44. The molecule has 21 heavy (non-hydrogen) atoms. The van der Waals surface area contributed by atoms with Gasteiger partial charge in [0.05, 0.1) is 6.54 Å². The molecule has 1 aliphatic rings. The summed E-state index contributed by atoms with van der Waals surface area (Å²) in [7, 11) is -3.13. The Kier molecular flexibility index (Phi) is 5.14. The number of halogens is 1. The summed E-state index contributed by atoms with van der Waals surface area (Å²) in [4.78, 5) is 10.8. The van der Waals surface area contributed by atoms with E-state index in [9.17, 15) is 23.4 Å². The fraction of sp³-hybridized carbons (Fsp3) is 0.417. The highest BCUT2D eigenvalue weighted by molar-refractivity contribution is 8.20. The van der Waals surface area contributed by atoms with Gasteiger partial charge in [0.1, 0.15) is 6.23 Å². The smallest absolute Gasteiger partial charge is 0.251 e. The number of β-amino-alcohol motifs (C(OH)–C–C–N with tert-alkyl or cyclic N) is 1. The van der Waals surface area contributed by atoms with Gasteiger partial charge < -0.3 is 10.4 Å². The zero-order valence-electron chi connectivity index (χ0n) is 11.2. The van der Waals surface area contributed by atoms with Crippen molar-refractivity contribution in [3.05, 3.63) is 35.4 Å². The van der Waals surface area contributed by atoms with Gasteiger partial charge >= 0.3 is 0 Å². The summed E-state index contributed by atoms with van der Waals surface area (Å²) < 4.78 is 35.1. The molecule has 0 aliphatic carbocycles. The standard InChI is InChI=1S/C12H18FN3O4S/c13-5-11(17)14-6-9-1-3-10(4-2-9)7-16-8-12(18)15-21(16,19)20/h1-4,12,15,18-20H,5-8H2,(H,14,17). The van der Waals surface area contributed by atoms with Crippen molar-refractivity contribution in [2.75, 3.05) is 13.2 Å². The quantitative estimate of drug-likeness (QED) is 0.544. The van der Waals surface area contributed by atoms with E-state index >= 15 is 0 Å². The predicted octanol–water partition coefficient (Wildman–Crippen LogP) is 0.577. The van der Waals surface area contributed by atoms with Crippen LogP contribution in [-0.2, 0) is 17.9 Å². The lowest BCUT2D eigenvalue weighted by molar-refractivity contribution is -0.122. The molecular formula is C12H18FN3O4S. The van der Waals surface area contributed by atoms with Gasteiger partial charge in [-0.3, -0.25) is 13.9 Å². The Morgan fingerprint density at radius 2 is 2.00 bits per heavy atom. The molecule has 5 N–H and O–H groups in total. The summed E-state index contributed by atoms with van der Waals surface area (Å²) in [5, 5.41) is 11.8. The first-order valence-electron chi connectivity index (χ1n) is 6.30. The number of hydrogen-bond acceptors (Lipinski definition) is 6. The molecule has 118 valence electrons. The van der Waals surface area contributed by atoms with Gasteiger partial charge in [-0.05, 0) is 11.1 Å². The number of carbonyl (C=O) groups excluding carboxylic acids is 1. The van der Waals surface area contributed by atoms with Gasteiger partial charge in [-0.1, -0.05) is 35.2 Å². The van der Waals surface area contributed by atoms with Crippen molar-refractivity contribution in [3.63, 3.8) is 0 Å². The van der Waals surface area contributed by atoms with Crippen LogP contribution in [-0.4, -0.2) is 43.9 Å². The summed E-state index contributed by atoms with van der Waals surface area (Å²) in [6, 6.07) is 7.08. The normalized spacial score (nSPS) is 23.0. The molecule has 1 amide bonds. The molecule has 1 aromatic carbocycles. The lowest BCUT2D eigenvalue weighted by Gasteiger charge is -2.35. The number of hydrogen-bond donors (Lipinski definition) is 5. The Morgan fingerprint density at radius 1 is 1.38 bits per heavy atom. The number of nitrogens with zero attached hydrogens (tertiary/aromatic N) is 1. The molecule has 1 fully saturated rings. The van der Waals surface area contributed by atoms with E-state index in [-0.39, 0.29) is 19.6 Å². The second kappa shape index (κ2) is 6.69. The number of carbonyl (C=O) groups is 1. The molecule has 0 radical (unpaired) electrons. The fourth-order valence-electron chi connectivity index (χ4n) is 1.96. The lowest BCUT2D eigenvalue weighted by atomic mass is 10.1. The predicted molar refractivity (Wildman–Crippen MR) is 76.7 cm³/mol. The molecule has 1 aliphatic heterocycles. The third-order valence-corrected chi connectivity index (χ3v) is 4.61. The lowest BCUT2D eigenvalue weighted by Crippen LogP contribution is -2.25. The fourth-order valence-corrected chi connectivity index (χ4v) is 3.23. The van der Waals surface area contributed by atoms with Gasteiger partial charge in [-0.15, -0.1) is 0 Å². The van der Waals surface area contributed by atoms with E-state index in [1.165, 1.54) is 4.31 Å². The third-order valence-electron chi connectivity index (χ3n) is 3.02. The van der Waals surface area contributed by atoms with E-state index in [0.29, 0.717) is 0 Å². The molecule has 1 saturated heterocycles. The zero-order valence-corrected chi connectivity index (χ0v) is 12.0. The van der Waals surface area contributed by atoms with Crippen molar-refractivity contribution >= 4 is 16.9 Å². The first kappa shape index (κ1) is 16.1. The largest absolute Gasteiger partial charge is 0.376 e. The second-order valence-corrected chi connectivity index (χ2v) is 6.49. The Labute approximate surface area is 123 Å². The van der Waals surface area contributed by atoms with Crippen LogP contribution in [0, 0.1) is 0 Å². The van der Waals surface area contributed by atoms with Crippen LogP contribution in [0.2, 0.25) is 0 Å². The van der Waals surface area contributed by atoms with Crippen LogP contribution in [0.25, 0.3) is 0 Å². The average molecular weight is 319 g/mol. The van der Waals surface area contributed by atoms with Crippen LogP contribution >= 0.6 is 11.0 Å². The summed E-state index contributed by atoms with van der Waals surface area (Å²) in [5.41, 5.74) is 1.64. The van der Waals surface area contributed by atoms with Crippen LogP contribution in [0.4, 0.5) is 4.39 Å². The minimum Gasteiger partial charge on any atom is -0.376 e. The van der Waals surface area contributed by atoms with Crippen molar-refractivity contribution in [1.82, 2.24) is 14.3 Å². The number of amides is 1. The molecule has 1 atom stereocenters. The molecule has 0 aromatic heterocycles. The molecule has 9 heteroatoms. The summed E-state index contributed by atoms with van der Waals surface area (Å²) in [6.45, 7) is -0.414. The minimum absolute atomic E-state index is 0.122. The first-order chi connectivity index (χ1) is 9.90. The molecule has 1 heterocycles. The monoisotopic (exact) mass is 319 g/mol. The van der Waals surface area contributed by atoms with Gasteiger partial charge in [0, 0.05) is 13.1 Å². The molecule has 2 rings (SSSR count). The summed E-state index contributed by atoms with van der Waals surface area (Å²) in [5.74, 6) is -0.662. The topological polar surface area (TPSA) is 105 Å². The van der Waals surface area contributed by atoms with Gasteiger partial charge in [0.2, 0.25) is 0 Å². The van der Waals surface area contributed by atoms with Crippen molar-refractivity contribution < 1.29 is 23.4 Å². The van der Waals surface area contributed by atoms with E-state index < -0.39 is 29.8 Å². The van der Waals surface area contributed by atoms with Gasteiger partial charge in [-0.2, -0.15) is 9.03 Å². The molecule has 7 nitrogen and oxygen atoms in total. The van der Waals surface area contributed by atoms with E-state index in [2.05, 4.69) is 10.0 Å². The van der Waals surface area contributed by atoms with Crippen LogP contribution < -0.4 is 10.0 Å². The van der Waals surface area contributed by atoms with E-state index in [1.54, 1.807) is 24.3 Å². The van der Waals surface area contributed by atoms with Gasteiger partial charge in [0.15, 0.2) is 6.67 Å². The third kappa shape index (κ3) is 4.37. The number of alkyl halides is 1. The van der Waals surface area contributed by atoms with Gasteiger partial charge in [0.25, 0.3) is 5.91 Å². The summed E-state index contributed by atoms with van der Waals surface area (Å²) in [6.07, 6.45) is -0.967. The van der Waals surface area contributed by atoms with Crippen LogP contribution in [0.5, 0.6) is 0 Å². The molecule has 0 saturated carbocycles. The Bertz CT molecular complexity index is 500. The number of aliphatic hydroxyl groups excluding tert-OH is 1. The number of aliphatic hydroxyl groups is 1. The van der Waals surface area contributed by atoms with Crippen LogP contribution in [0.1, 0.15) is 11.1 Å². The Morgan fingerprint density at radius 3 is 2.52 bits per heavy atom. The van der Waals surface area contributed by atoms with Gasteiger partial charge in [-0.25, -0.2) is 4.39 Å². The average Bonchev–Trinajstić information content (AvgIpc) is 2.70. The first-order valence-corrected chi connectivity index (χ1v) is 7.80. The molecule has 1 aromatic rings. The highest BCUT2D eigenvalue weighted by Gasteiger charge is 2.34. The maximum Gasteiger partial charge on any atom is 0.251 e. The summed E-state index contributed by atoms with van der Waals surface area (Å²) >= 11 is 0. The van der Waals surface area contributed by atoms with Crippen molar-refractivity contribution in [1.29, 1.82) is 0 Å². The highest BCUT2D eigenvalue weighted by atomic mass is 32.3. The molecule has 0 bridgehead atoms. The Balaban J connectivity index is 1.92. The van der Waals surface area contributed by atoms with Crippen molar-refractivity contribution in [3.8, 4) is 0 Å². The maximum absolute atomic E-state index is 12.0. The molecule has 1 unspecified atom stereocenters. The Hall–Kier alpha value is -1.23. The molecule has 0 spiro atoms. The molecular weight excluding hydrogens is 301 g/mol.